The lowest BCUT2D eigenvalue weighted by Crippen LogP contribution is -2.44. The molecular formula is C23H28N4O2S. The fourth-order valence-corrected chi connectivity index (χ4v) is 4.61. The minimum atomic E-state index is -0.250. The van der Waals surface area contributed by atoms with E-state index >= 15 is 0 Å². The summed E-state index contributed by atoms with van der Waals surface area (Å²) in [7, 11) is 2.14. The van der Waals surface area contributed by atoms with E-state index in [0.29, 0.717) is 17.8 Å². The van der Waals surface area contributed by atoms with Crippen LogP contribution >= 0.6 is 11.3 Å². The van der Waals surface area contributed by atoms with Crippen LogP contribution in [0.1, 0.15) is 18.7 Å². The second-order valence-corrected chi connectivity index (χ2v) is 9.25. The Labute approximate surface area is 181 Å². The standard InChI is InChI=1S/C23H28N4O2S/c1-16(2)15-27-22(28)20(19-5-4-14-30-19)21(23(27)29)24-17-6-8-18(9-7-17)26-12-10-25(3)11-13-26/h4-9,14,16,24H,10-13,15H2,1-3H3. The number of amides is 2. The Morgan fingerprint density at radius 2 is 1.70 bits per heavy atom. The highest BCUT2D eigenvalue weighted by molar-refractivity contribution is 7.11. The molecule has 0 aliphatic carbocycles. The Balaban J connectivity index is 1.58. The normalized spacial score (nSPS) is 18.1. The van der Waals surface area contributed by atoms with Gasteiger partial charge in [0.15, 0.2) is 0 Å². The van der Waals surface area contributed by atoms with E-state index in [1.165, 1.54) is 21.9 Å². The number of nitrogens with one attached hydrogen (secondary N) is 1. The first-order valence-corrected chi connectivity index (χ1v) is 11.3. The smallest absolute Gasteiger partial charge is 0.278 e. The van der Waals surface area contributed by atoms with Crippen LogP contribution in [-0.2, 0) is 9.59 Å². The molecule has 6 nitrogen and oxygen atoms in total. The summed E-state index contributed by atoms with van der Waals surface area (Å²) in [5.41, 5.74) is 2.83. The summed E-state index contributed by atoms with van der Waals surface area (Å²) in [4.78, 5) is 33.0. The van der Waals surface area contributed by atoms with Gasteiger partial charge >= 0.3 is 0 Å². The highest BCUT2D eigenvalue weighted by atomic mass is 32.1. The van der Waals surface area contributed by atoms with E-state index in [-0.39, 0.29) is 17.7 Å². The molecule has 158 valence electrons. The SMILES string of the molecule is CC(C)CN1C(=O)C(Nc2ccc(N3CCN(C)CC3)cc2)=C(c2cccs2)C1=O. The zero-order valence-electron chi connectivity index (χ0n) is 17.7. The van der Waals surface area contributed by atoms with Crippen LogP contribution in [0.25, 0.3) is 5.57 Å². The van der Waals surface area contributed by atoms with Crippen molar-refractivity contribution in [1.29, 1.82) is 0 Å². The largest absolute Gasteiger partial charge is 0.369 e. The summed E-state index contributed by atoms with van der Waals surface area (Å²) in [6.45, 7) is 8.56. The van der Waals surface area contributed by atoms with E-state index < -0.39 is 0 Å². The molecule has 30 heavy (non-hydrogen) atoms. The van der Waals surface area contributed by atoms with Gasteiger partial charge in [0.2, 0.25) is 0 Å². The molecule has 1 aromatic carbocycles. The van der Waals surface area contributed by atoms with Crippen molar-refractivity contribution in [2.24, 2.45) is 5.92 Å². The quantitative estimate of drug-likeness (QED) is 0.721. The molecule has 0 saturated carbocycles. The van der Waals surface area contributed by atoms with Crippen LogP contribution < -0.4 is 10.2 Å². The summed E-state index contributed by atoms with van der Waals surface area (Å²) >= 11 is 1.47. The van der Waals surface area contributed by atoms with Crippen molar-refractivity contribution in [2.75, 3.05) is 50.0 Å². The van der Waals surface area contributed by atoms with Crippen molar-refractivity contribution in [3.8, 4) is 0 Å². The third-order valence-corrected chi connectivity index (χ3v) is 6.38. The lowest BCUT2D eigenvalue weighted by atomic mass is 10.1. The number of carbonyl (C=O) groups is 2. The first-order chi connectivity index (χ1) is 14.4. The van der Waals surface area contributed by atoms with Gasteiger partial charge in [-0.25, -0.2) is 0 Å². The molecule has 7 heteroatoms. The van der Waals surface area contributed by atoms with Crippen molar-refractivity contribution in [1.82, 2.24) is 9.80 Å². The first kappa shape index (κ1) is 20.6. The lowest BCUT2D eigenvalue weighted by Gasteiger charge is -2.34. The molecule has 1 saturated heterocycles. The molecule has 1 aromatic heterocycles. The third kappa shape index (κ3) is 4.13. The van der Waals surface area contributed by atoms with E-state index in [0.717, 1.165) is 36.7 Å². The van der Waals surface area contributed by atoms with Crippen LogP contribution in [-0.4, -0.2) is 61.4 Å². The zero-order chi connectivity index (χ0) is 21.3. The van der Waals surface area contributed by atoms with Gasteiger partial charge in [0.25, 0.3) is 11.8 Å². The van der Waals surface area contributed by atoms with Gasteiger partial charge in [0.1, 0.15) is 5.70 Å². The number of anilines is 2. The molecule has 1 fully saturated rings. The fraction of sp³-hybridized carbons (Fsp3) is 0.391. The number of benzene rings is 1. The van der Waals surface area contributed by atoms with Gasteiger partial charge in [-0.1, -0.05) is 19.9 Å². The first-order valence-electron chi connectivity index (χ1n) is 10.4. The maximum absolute atomic E-state index is 13.1. The van der Waals surface area contributed by atoms with Crippen LogP contribution in [0.5, 0.6) is 0 Å². The number of carbonyl (C=O) groups excluding carboxylic acids is 2. The molecule has 2 amide bonds. The molecule has 4 rings (SSSR count). The minimum absolute atomic E-state index is 0.213. The summed E-state index contributed by atoms with van der Waals surface area (Å²) in [6, 6.07) is 11.9. The molecule has 2 aliphatic heterocycles. The van der Waals surface area contributed by atoms with Gasteiger partial charge in [-0.3, -0.25) is 14.5 Å². The Kier molecular flexibility index (Phi) is 5.92. The monoisotopic (exact) mass is 424 g/mol. The number of imide groups is 1. The minimum Gasteiger partial charge on any atom is -0.369 e. The van der Waals surface area contributed by atoms with Gasteiger partial charge < -0.3 is 15.1 Å². The topological polar surface area (TPSA) is 55.9 Å². The molecule has 1 N–H and O–H groups in total. The summed E-state index contributed by atoms with van der Waals surface area (Å²) < 4.78 is 0. The zero-order valence-corrected chi connectivity index (χ0v) is 18.5. The van der Waals surface area contributed by atoms with Gasteiger partial charge in [-0.05, 0) is 48.7 Å². The predicted molar refractivity (Wildman–Crippen MR) is 123 cm³/mol. The van der Waals surface area contributed by atoms with E-state index in [1.807, 2.05) is 43.5 Å². The predicted octanol–water partition coefficient (Wildman–Crippen LogP) is 3.35. The Bertz CT molecular complexity index is 942. The lowest BCUT2D eigenvalue weighted by molar-refractivity contribution is -0.137. The Morgan fingerprint density at radius 1 is 1.00 bits per heavy atom. The van der Waals surface area contributed by atoms with Gasteiger partial charge in [-0.15, -0.1) is 11.3 Å². The molecule has 0 spiro atoms. The second-order valence-electron chi connectivity index (χ2n) is 8.30. The van der Waals surface area contributed by atoms with Crippen molar-refractivity contribution < 1.29 is 9.59 Å². The van der Waals surface area contributed by atoms with Crippen molar-refractivity contribution >= 4 is 40.1 Å². The van der Waals surface area contributed by atoms with Gasteiger partial charge in [0, 0.05) is 49.0 Å². The van der Waals surface area contributed by atoms with Crippen molar-refractivity contribution in [3.63, 3.8) is 0 Å². The number of hydrogen-bond acceptors (Lipinski definition) is 6. The van der Waals surface area contributed by atoms with E-state index in [2.05, 4.69) is 34.3 Å². The van der Waals surface area contributed by atoms with Crippen molar-refractivity contribution in [3.05, 3.63) is 52.4 Å². The van der Waals surface area contributed by atoms with Gasteiger partial charge in [0.05, 0.1) is 5.57 Å². The number of likely N-dealkylation sites (N-methyl/N-ethyl adjacent to an activating group) is 1. The van der Waals surface area contributed by atoms with Gasteiger partial charge in [-0.2, -0.15) is 0 Å². The number of thiophene rings is 1. The summed E-state index contributed by atoms with van der Waals surface area (Å²) in [6.07, 6.45) is 0. The van der Waals surface area contributed by atoms with Crippen LogP contribution in [0.3, 0.4) is 0 Å². The number of hydrogen-bond donors (Lipinski definition) is 1. The molecular weight excluding hydrogens is 396 g/mol. The Hall–Kier alpha value is -2.64. The van der Waals surface area contributed by atoms with Crippen LogP contribution in [0.15, 0.2) is 47.5 Å². The Morgan fingerprint density at radius 3 is 2.30 bits per heavy atom. The molecule has 0 atom stereocenters. The van der Waals surface area contributed by atoms with Crippen LogP contribution in [0.2, 0.25) is 0 Å². The second kappa shape index (κ2) is 8.62. The number of piperazine rings is 1. The van der Waals surface area contributed by atoms with Crippen molar-refractivity contribution in [2.45, 2.75) is 13.8 Å². The van der Waals surface area contributed by atoms with Crippen LogP contribution in [0.4, 0.5) is 11.4 Å². The average Bonchev–Trinajstić information content (AvgIpc) is 3.32. The molecule has 2 aromatic rings. The number of nitrogens with zero attached hydrogens (tertiary/aromatic N) is 3. The molecule has 0 unspecified atom stereocenters. The molecule has 3 heterocycles. The fourth-order valence-electron chi connectivity index (χ4n) is 3.84. The maximum atomic E-state index is 13.1. The molecule has 2 aliphatic rings. The molecule has 0 radical (unpaired) electrons. The highest BCUT2D eigenvalue weighted by Gasteiger charge is 2.39. The highest BCUT2D eigenvalue weighted by Crippen LogP contribution is 2.33. The maximum Gasteiger partial charge on any atom is 0.278 e. The number of rotatable bonds is 6. The summed E-state index contributed by atoms with van der Waals surface area (Å²) in [5, 5.41) is 5.17. The van der Waals surface area contributed by atoms with Crippen LogP contribution in [0, 0.1) is 5.92 Å². The average molecular weight is 425 g/mol. The van der Waals surface area contributed by atoms with E-state index in [9.17, 15) is 9.59 Å². The molecule has 0 bridgehead atoms. The third-order valence-electron chi connectivity index (χ3n) is 5.49. The van der Waals surface area contributed by atoms with E-state index in [4.69, 9.17) is 0 Å². The van der Waals surface area contributed by atoms with E-state index in [1.54, 1.807) is 0 Å². The summed E-state index contributed by atoms with van der Waals surface area (Å²) in [5.74, 6) is -0.252.